The van der Waals surface area contributed by atoms with E-state index in [1.807, 2.05) is 0 Å². The molecular formula is C26H21Cl2F4N3O2. The fraction of sp³-hybridized carbons (Fsp3) is 0.269. The van der Waals surface area contributed by atoms with Gasteiger partial charge in [-0.05, 0) is 67.3 Å². The summed E-state index contributed by atoms with van der Waals surface area (Å²) >= 11 is 11.9. The van der Waals surface area contributed by atoms with Gasteiger partial charge in [-0.2, -0.15) is 13.2 Å². The van der Waals surface area contributed by atoms with Crippen molar-refractivity contribution in [2.24, 2.45) is 5.16 Å². The molecule has 3 aromatic rings. The lowest BCUT2D eigenvalue weighted by Crippen LogP contribution is -2.27. The zero-order valence-corrected chi connectivity index (χ0v) is 21.2. The molecule has 1 aromatic heterocycles. The summed E-state index contributed by atoms with van der Waals surface area (Å²) in [5, 5.41) is 6.60. The first kappa shape index (κ1) is 26.9. The lowest BCUT2D eigenvalue weighted by Gasteiger charge is -2.22. The fourth-order valence-corrected chi connectivity index (χ4v) is 4.60. The van der Waals surface area contributed by atoms with Crippen LogP contribution in [0.15, 0.2) is 53.9 Å². The quantitative estimate of drug-likeness (QED) is 0.267. The SMILES string of the molecule is Cc1cc(C2=NOC(C)(c3cc(Cl)c(F)c(Cl)c3)C2)ccc1C(=O)NCCc1cnccc1C(F)(F)F. The van der Waals surface area contributed by atoms with Crippen molar-refractivity contribution in [1.82, 2.24) is 10.3 Å². The van der Waals surface area contributed by atoms with Crippen LogP contribution in [0.2, 0.25) is 10.0 Å². The van der Waals surface area contributed by atoms with Gasteiger partial charge < -0.3 is 10.2 Å². The van der Waals surface area contributed by atoms with E-state index >= 15 is 0 Å². The summed E-state index contributed by atoms with van der Waals surface area (Å²) in [4.78, 5) is 22.1. The van der Waals surface area contributed by atoms with Crippen LogP contribution in [0.25, 0.3) is 0 Å². The normalized spacial score (nSPS) is 17.4. The smallest absolute Gasteiger partial charge is 0.384 e. The number of nitrogens with one attached hydrogen (secondary N) is 1. The number of oxime groups is 1. The van der Waals surface area contributed by atoms with Gasteiger partial charge >= 0.3 is 6.18 Å². The molecule has 0 saturated heterocycles. The van der Waals surface area contributed by atoms with Crippen molar-refractivity contribution in [3.8, 4) is 0 Å². The number of aromatic nitrogens is 1. The molecule has 0 saturated carbocycles. The lowest BCUT2D eigenvalue weighted by molar-refractivity contribution is -0.138. The minimum atomic E-state index is -4.49. The summed E-state index contributed by atoms with van der Waals surface area (Å²) in [6.07, 6.45) is -1.92. The highest BCUT2D eigenvalue weighted by Gasteiger charge is 2.38. The van der Waals surface area contributed by atoms with Gasteiger partial charge in [-0.1, -0.05) is 34.4 Å². The van der Waals surface area contributed by atoms with Gasteiger partial charge in [0.1, 0.15) is 0 Å². The van der Waals surface area contributed by atoms with E-state index in [-0.39, 0.29) is 28.6 Å². The number of aryl methyl sites for hydroxylation is 1. The van der Waals surface area contributed by atoms with E-state index in [9.17, 15) is 22.4 Å². The molecule has 1 atom stereocenters. The number of halogens is 6. The predicted molar refractivity (Wildman–Crippen MR) is 132 cm³/mol. The van der Waals surface area contributed by atoms with E-state index in [4.69, 9.17) is 28.0 Å². The molecule has 0 aliphatic carbocycles. The van der Waals surface area contributed by atoms with Crippen molar-refractivity contribution in [3.63, 3.8) is 0 Å². The minimum absolute atomic E-state index is 0.00777. The van der Waals surface area contributed by atoms with Crippen LogP contribution in [-0.2, 0) is 23.0 Å². The van der Waals surface area contributed by atoms with Crippen molar-refractivity contribution in [2.75, 3.05) is 6.54 Å². The number of hydrogen-bond acceptors (Lipinski definition) is 4. The molecular weight excluding hydrogens is 533 g/mol. The highest BCUT2D eigenvalue weighted by molar-refractivity contribution is 6.35. The number of benzene rings is 2. The molecule has 0 fully saturated rings. The van der Waals surface area contributed by atoms with Crippen molar-refractivity contribution in [3.05, 3.63) is 98.0 Å². The number of rotatable bonds is 6. The number of alkyl halides is 3. The van der Waals surface area contributed by atoms with E-state index in [0.717, 1.165) is 24.0 Å². The fourth-order valence-electron chi connectivity index (χ4n) is 4.12. The van der Waals surface area contributed by atoms with Gasteiger partial charge in [0, 0.05) is 36.5 Å². The Kier molecular flexibility index (Phi) is 7.48. The molecule has 1 amide bonds. The van der Waals surface area contributed by atoms with E-state index in [0.29, 0.717) is 28.8 Å². The largest absolute Gasteiger partial charge is 0.416 e. The maximum absolute atomic E-state index is 13.8. The summed E-state index contributed by atoms with van der Waals surface area (Å²) in [5.41, 5.74) is 1.26. The van der Waals surface area contributed by atoms with E-state index in [2.05, 4.69) is 15.5 Å². The van der Waals surface area contributed by atoms with E-state index in [1.54, 1.807) is 32.0 Å². The van der Waals surface area contributed by atoms with Crippen LogP contribution in [0.3, 0.4) is 0 Å². The first-order chi connectivity index (χ1) is 17.4. The van der Waals surface area contributed by atoms with Crippen LogP contribution in [-0.4, -0.2) is 23.1 Å². The first-order valence-corrected chi connectivity index (χ1v) is 11.9. The maximum Gasteiger partial charge on any atom is 0.416 e. The van der Waals surface area contributed by atoms with Gasteiger partial charge in [-0.3, -0.25) is 9.78 Å². The Balaban J connectivity index is 1.42. The highest BCUT2D eigenvalue weighted by atomic mass is 35.5. The molecule has 37 heavy (non-hydrogen) atoms. The summed E-state index contributed by atoms with van der Waals surface area (Å²) in [6, 6.07) is 8.92. The standard InChI is InChI=1S/C26H21Cl2F4N3O2/c1-14-9-15(22-12-25(2,37-35-22)17-10-20(27)23(29)21(28)11-17)3-4-18(14)24(36)34-8-5-16-13-33-7-6-19(16)26(30,31)32/h3-4,6-7,9-11,13H,5,8,12H2,1-2H3,(H,34,36). The Morgan fingerprint density at radius 1 is 1.16 bits per heavy atom. The maximum atomic E-state index is 13.8. The zero-order chi connectivity index (χ0) is 27.0. The van der Waals surface area contributed by atoms with Gasteiger partial charge in [0.05, 0.1) is 21.3 Å². The summed E-state index contributed by atoms with van der Waals surface area (Å²) < 4.78 is 53.3. The summed E-state index contributed by atoms with van der Waals surface area (Å²) in [5.74, 6) is -1.12. The van der Waals surface area contributed by atoms with E-state index < -0.39 is 29.1 Å². The first-order valence-electron chi connectivity index (χ1n) is 11.2. The van der Waals surface area contributed by atoms with Gasteiger partial charge in [0.2, 0.25) is 0 Å². The second kappa shape index (κ2) is 10.3. The third-order valence-corrected chi connectivity index (χ3v) is 6.70. The Bertz CT molecular complexity index is 1370. The van der Waals surface area contributed by atoms with Crippen molar-refractivity contribution in [1.29, 1.82) is 0 Å². The monoisotopic (exact) mass is 553 g/mol. The molecule has 0 spiro atoms. The molecule has 0 radical (unpaired) electrons. The van der Waals surface area contributed by atoms with Gasteiger partial charge in [0.25, 0.3) is 5.91 Å². The van der Waals surface area contributed by atoms with Crippen LogP contribution in [0.1, 0.15) is 51.5 Å². The van der Waals surface area contributed by atoms with Gasteiger partial charge in [-0.25, -0.2) is 4.39 Å². The molecule has 1 N–H and O–H groups in total. The number of pyridine rings is 1. The van der Waals surface area contributed by atoms with E-state index in [1.165, 1.54) is 12.1 Å². The molecule has 2 heterocycles. The van der Waals surface area contributed by atoms with Crippen molar-refractivity contribution in [2.45, 2.75) is 38.5 Å². The van der Waals surface area contributed by atoms with Crippen LogP contribution in [0.4, 0.5) is 17.6 Å². The minimum Gasteiger partial charge on any atom is -0.384 e. The van der Waals surface area contributed by atoms with Gasteiger partial charge in [0.15, 0.2) is 11.4 Å². The third kappa shape index (κ3) is 5.72. The molecule has 0 bridgehead atoms. The Labute approximate surface area is 220 Å². The molecule has 194 valence electrons. The van der Waals surface area contributed by atoms with Gasteiger partial charge in [-0.15, -0.1) is 0 Å². The molecule has 11 heteroatoms. The predicted octanol–water partition coefficient (Wildman–Crippen LogP) is 6.87. The molecule has 2 aromatic carbocycles. The Morgan fingerprint density at radius 3 is 2.51 bits per heavy atom. The molecule has 1 aliphatic heterocycles. The van der Waals surface area contributed by atoms with Crippen LogP contribution >= 0.6 is 23.2 Å². The molecule has 1 aliphatic rings. The second-order valence-electron chi connectivity index (χ2n) is 8.86. The van der Waals surface area contributed by atoms with Crippen LogP contribution in [0, 0.1) is 12.7 Å². The average molecular weight is 554 g/mol. The number of amides is 1. The number of carbonyl (C=O) groups excluding carboxylic acids is 1. The lowest BCUT2D eigenvalue weighted by atomic mass is 9.88. The van der Waals surface area contributed by atoms with Crippen LogP contribution < -0.4 is 5.32 Å². The number of carbonyl (C=O) groups is 1. The summed E-state index contributed by atoms with van der Waals surface area (Å²) in [6.45, 7) is 3.54. The molecule has 1 unspecified atom stereocenters. The Hall–Kier alpha value is -3.17. The molecule has 4 rings (SSSR count). The van der Waals surface area contributed by atoms with Crippen LogP contribution in [0.5, 0.6) is 0 Å². The number of hydrogen-bond donors (Lipinski definition) is 1. The second-order valence-corrected chi connectivity index (χ2v) is 9.67. The Morgan fingerprint density at radius 2 is 1.86 bits per heavy atom. The average Bonchev–Trinajstić information content (AvgIpc) is 3.25. The van der Waals surface area contributed by atoms with Crippen molar-refractivity contribution >= 4 is 34.8 Å². The number of nitrogens with zero attached hydrogens (tertiary/aromatic N) is 2. The zero-order valence-electron chi connectivity index (χ0n) is 19.7. The summed E-state index contributed by atoms with van der Waals surface area (Å²) in [7, 11) is 0. The highest BCUT2D eigenvalue weighted by Crippen LogP contribution is 2.39. The topological polar surface area (TPSA) is 63.6 Å². The third-order valence-electron chi connectivity index (χ3n) is 6.15. The molecule has 5 nitrogen and oxygen atoms in total. The van der Waals surface area contributed by atoms with Crippen molar-refractivity contribution < 1.29 is 27.2 Å².